The van der Waals surface area contributed by atoms with Crippen LogP contribution in [0.15, 0.2) is 58.2 Å². The SMILES string of the molecule is O=C1CCCC2=C1C(c1cccc(Cl)c1)CC(=O)N2c1ccc(Br)cc1Cl. The molecule has 0 aromatic heterocycles. The van der Waals surface area contributed by atoms with Crippen molar-refractivity contribution < 1.29 is 9.59 Å². The molecule has 1 atom stereocenters. The van der Waals surface area contributed by atoms with Crippen LogP contribution < -0.4 is 4.90 Å². The molecule has 2 aliphatic rings. The number of benzene rings is 2. The van der Waals surface area contributed by atoms with Gasteiger partial charge in [-0.15, -0.1) is 0 Å². The van der Waals surface area contributed by atoms with E-state index in [1.54, 1.807) is 17.0 Å². The Hall–Kier alpha value is -1.62. The second-order valence-electron chi connectivity index (χ2n) is 6.77. The fourth-order valence-corrected chi connectivity index (χ4v) is 4.90. The highest BCUT2D eigenvalue weighted by atomic mass is 79.9. The number of carbonyl (C=O) groups is 2. The first-order valence-electron chi connectivity index (χ1n) is 8.75. The quantitative estimate of drug-likeness (QED) is 0.524. The maximum Gasteiger partial charge on any atom is 0.232 e. The number of Topliss-reactive ketones (excluding diaryl/α,β-unsaturated/α-hetero) is 1. The van der Waals surface area contributed by atoms with Crippen LogP contribution in [0.25, 0.3) is 0 Å². The lowest BCUT2D eigenvalue weighted by molar-refractivity contribution is -0.119. The zero-order valence-corrected chi connectivity index (χ0v) is 17.4. The Morgan fingerprint density at radius 1 is 1.04 bits per heavy atom. The summed E-state index contributed by atoms with van der Waals surface area (Å²) in [5.74, 6) is -0.214. The van der Waals surface area contributed by atoms with E-state index in [0.29, 0.717) is 28.6 Å². The van der Waals surface area contributed by atoms with Crippen LogP contribution in [-0.4, -0.2) is 11.7 Å². The Labute approximate surface area is 176 Å². The van der Waals surface area contributed by atoms with E-state index in [4.69, 9.17) is 23.2 Å². The van der Waals surface area contributed by atoms with Gasteiger partial charge in [-0.1, -0.05) is 51.3 Å². The topological polar surface area (TPSA) is 37.4 Å². The van der Waals surface area contributed by atoms with Crippen molar-refractivity contribution in [1.82, 2.24) is 0 Å². The van der Waals surface area contributed by atoms with Crippen molar-refractivity contribution in [2.75, 3.05) is 4.90 Å². The van der Waals surface area contributed by atoms with Crippen LogP contribution in [0.4, 0.5) is 5.69 Å². The first-order chi connectivity index (χ1) is 13.0. The Bertz CT molecular complexity index is 986. The lowest BCUT2D eigenvalue weighted by atomic mass is 9.77. The predicted molar refractivity (Wildman–Crippen MR) is 111 cm³/mol. The molecule has 0 radical (unpaired) electrons. The smallest absolute Gasteiger partial charge is 0.232 e. The summed E-state index contributed by atoms with van der Waals surface area (Å²) in [6.07, 6.45) is 2.14. The molecule has 27 heavy (non-hydrogen) atoms. The molecule has 2 aromatic rings. The van der Waals surface area contributed by atoms with Crippen LogP contribution in [0.2, 0.25) is 10.0 Å². The monoisotopic (exact) mass is 463 g/mol. The Morgan fingerprint density at radius 3 is 2.59 bits per heavy atom. The van der Waals surface area contributed by atoms with E-state index in [-0.39, 0.29) is 24.0 Å². The van der Waals surface area contributed by atoms with Crippen LogP contribution in [0.1, 0.15) is 37.2 Å². The fraction of sp³-hybridized carbons (Fsp3) is 0.238. The minimum atomic E-state index is -0.260. The Balaban J connectivity index is 1.88. The van der Waals surface area contributed by atoms with E-state index in [1.165, 1.54) is 0 Å². The third-order valence-corrected chi connectivity index (χ3v) is 6.11. The molecular weight excluding hydrogens is 449 g/mol. The molecule has 1 amide bonds. The molecule has 2 aromatic carbocycles. The summed E-state index contributed by atoms with van der Waals surface area (Å²) in [5.41, 5.74) is 3.02. The minimum absolute atomic E-state index is 0.0577. The summed E-state index contributed by atoms with van der Waals surface area (Å²) < 4.78 is 0.839. The molecule has 0 fully saturated rings. The highest BCUT2D eigenvalue weighted by Crippen LogP contribution is 2.45. The van der Waals surface area contributed by atoms with Gasteiger partial charge in [0.1, 0.15) is 0 Å². The normalized spacial score (nSPS) is 20.1. The highest BCUT2D eigenvalue weighted by Gasteiger charge is 2.40. The van der Waals surface area contributed by atoms with Crippen LogP contribution in [0.3, 0.4) is 0 Å². The van der Waals surface area contributed by atoms with Gasteiger partial charge in [-0.05, 0) is 48.7 Å². The van der Waals surface area contributed by atoms with Gasteiger partial charge < -0.3 is 0 Å². The molecule has 0 N–H and O–H groups in total. The van der Waals surface area contributed by atoms with Gasteiger partial charge in [-0.3, -0.25) is 14.5 Å². The van der Waals surface area contributed by atoms with E-state index in [1.807, 2.05) is 30.3 Å². The van der Waals surface area contributed by atoms with Crippen molar-refractivity contribution in [3.05, 3.63) is 73.8 Å². The number of halogens is 3. The van der Waals surface area contributed by atoms with Gasteiger partial charge in [0.25, 0.3) is 0 Å². The summed E-state index contributed by atoms with van der Waals surface area (Å²) in [4.78, 5) is 27.6. The molecule has 0 spiro atoms. The standard InChI is InChI=1S/C21H16BrCl2NO2/c22-13-7-8-17(16(24)10-13)25-18-5-2-6-19(26)21(18)15(11-20(25)27)12-3-1-4-14(23)9-12/h1,3-4,7-10,15H,2,5-6,11H2. The zero-order valence-electron chi connectivity index (χ0n) is 14.3. The van der Waals surface area contributed by atoms with Crippen molar-refractivity contribution >= 4 is 56.5 Å². The summed E-state index contributed by atoms with van der Waals surface area (Å²) in [5, 5.41) is 1.08. The van der Waals surface area contributed by atoms with Crippen molar-refractivity contribution in [1.29, 1.82) is 0 Å². The molecule has 3 nitrogen and oxygen atoms in total. The third-order valence-electron chi connectivity index (χ3n) is 5.08. The molecule has 1 aliphatic heterocycles. The number of nitrogens with zero attached hydrogens (tertiary/aromatic N) is 1. The molecular formula is C21H16BrCl2NO2. The van der Waals surface area contributed by atoms with Gasteiger partial charge in [0, 0.05) is 39.5 Å². The largest absolute Gasteiger partial charge is 0.294 e. The zero-order chi connectivity index (χ0) is 19.1. The van der Waals surface area contributed by atoms with Crippen LogP contribution in [-0.2, 0) is 9.59 Å². The maximum absolute atomic E-state index is 13.1. The number of hydrogen-bond donors (Lipinski definition) is 0. The number of anilines is 1. The van der Waals surface area contributed by atoms with Crippen molar-refractivity contribution in [2.45, 2.75) is 31.6 Å². The number of ketones is 1. The summed E-state index contributed by atoms with van der Waals surface area (Å²) in [6, 6.07) is 12.8. The summed E-state index contributed by atoms with van der Waals surface area (Å²) >= 11 is 16.0. The number of amides is 1. The van der Waals surface area contributed by atoms with E-state index in [9.17, 15) is 9.59 Å². The van der Waals surface area contributed by atoms with Crippen LogP contribution >= 0.6 is 39.1 Å². The van der Waals surface area contributed by atoms with Gasteiger partial charge >= 0.3 is 0 Å². The molecule has 1 aliphatic carbocycles. The highest BCUT2D eigenvalue weighted by molar-refractivity contribution is 9.10. The van der Waals surface area contributed by atoms with Gasteiger partial charge in [-0.25, -0.2) is 0 Å². The van der Waals surface area contributed by atoms with Crippen molar-refractivity contribution in [3.63, 3.8) is 0 Å². The molecule has 138 valence electrons. The van der Waals surface area contributed by atoms with E-state index < -0.39 is 0 Å². The number of allylic oxidation sites excluding steroid dienone is 2. The number of carbonyl (C=O) groups excluding carboxylic acids is 2. The molecule has 6 heteroatoms. The molecule has 4 rings (SSSR count). The number of hydrogen-bond acceptors (Lipinski definition) is 2. The third kappa shape index (κ3) is 3.46. The molecule has 1 unspecified atom stereocenters. The fourth-order valence-electron chi connectivity index (χ4n) is 3.94. The predicted octanol–water partition coefficient (Wildman–Crippen LogP) is 6.28. The van der Waals surface area contributed by atoms with Crippen molar-refractivity contribution in [2.24, 2.45) is 0 Å². The average Bonchev–Trinajstić information content (AvgIpc) is 2.62. The van der Waals surface area contributed by atoms with Crippen LogP contribution in [0.5, 0.6) is 0 Å². The summed E-state index contributed by atoms with van der Waals surface area (Å²) in [7, 11) is 0. The average molecular weight is 465 g/mol. The van der Waals surface area contributed by atoms with Gasteiger partial charge in [0.15, 0.2) is 5.78 Å². The van der Waals surface area contributed by atoms with Crippen LogP contribution in [0, 0.1) is 0 Å². The molecule has 0 saturated carbocycles. The molecule has 0 bridgehead atoms. The molecule has 1 heterocycles. The first kappa shape index (κ1) is 18.7. The van der Waals surface area contributed by atoms with E-state index in [2.05, 4.69) is 15.9 Å². The second kappa shape index (κ2) is 7.42. The Morgan fingerprint density at radius 2 is 1.85 bits per heavy atom. The van der Waals surface area contributed by atoms with Gasteiger partial charge in [-0.2, -0.15) is 0 Å². The van der Waals surface area contributed by atoms with E-state index in [0.717, 1.165) is 27.7 Å². The number of rotatable bonds is 2. The van der Waals surface area contributed by atoms with E-state index >= 15 is 0 Å². The summed E-state index contributed by atoms with van der Waals surface area (Å²) in [6.45, 7) is 0. The van der Waals surface area contributed by atoms with Gasteiger partial charge in [0.05, 0.1) is 10.7 Å². The van der Waals surface area contributed by atoms with Gasteiger partial charge in [0.2, 0.25) is 5.91 Å². The minimum Gasteiger partial charge on any atom is -0.294 e. The lowest BCUT2D eigenvalue weighted by Crippen LogP contribution is -2.40. The second-order valence-corrected chi connectivity index (χ2v) is 8.53. The lowest BCUT2D eigenvalue weighted by Gasteiger charge is -2.38. The Kier molecular flexibility index (Phi) is 5.15. The molecule has 0 saturated heterocycles. The first-order valence-corrected chi connectivity index (χ1v) is 10.3. The maximum atomic E-state index is 13.1. The van der Waals surface area contributed by atoms with Crippen molar-refractivity contribution in [3.8, 4) is 0 Å².